The van der Waals surface area contributed by atoms with Gasteiger partial charge < -0.3 is 9.80 Å². The minimum atomic E-state index is -0.0537. The fraction of sp³-hybridized carbons (Fsp3) is 0.459. The lowest BCUT2D eigenvalue weighted by molar-refractivity contribution is 0.444. The Morgan fingerprint density at radius 1 is 0.433 bits per heavy atom. The Hall–Kier alpha value is -5.23. The van der Waals surface area contributed by atoms with Gasteiger partial charge in [0, 0.05) is 39.7 Å². The highest BCUT2D eigenvalue weighted by molar-refractivity contribution is 7.00. The summed E-state index contributed by atoms with van der Waals surface area (Å²) < 4.78 is 0. The zero-order valence-corrected chi connectivity index (χ0v) is 42.8. The number of rotatable bonds is 5. The summed E-state index contributed by atoms with van der Waals surface area (Å²) >= 11 is 0. The number of fused-ring (bicyclic) bond motifs is 4. The molecule has 2 saturated carbocycles. The molecule has 5 nitrogen and oxygen atoms in total. The second-order valence-corrected chi connectivity index (χ2v) is 24.8. The Labute approximate surface area is 403 Å². The average molecular weight is 888 g/mol. The van der Waals surface area contributed by atoms with Crippen LogP contribution in [0, 0.1) is 0 Å². The molecule has 67 heavy (non-hydrogen) atoms. The topological polar surface area (TPSA) is 45.2 Å². The van der Waals surface area contributed by atoms with E-state index in [0.29, 0.717) is 17.7 Å². The van der Waals surface area contributed by atoms with E-state index in [-0.39, 0.29) is 28.4 Å². The summed E-state index contributed by atoms with van der Waals surface area (Å²) in [5.41, 5.74) is 20.6. The predicted molar refractivity (Wildman–Crippen MR) is 286 cm³/mol. The van der Waals surface area contributed by atoms with Crippen LogP contribution in [-0.2, 0) is 21.7 Å². The molecule has 2 aliphatic carbocycles. The highest BCUT2D eigenvalue weighted by Gasteiger charge is 2.45. The maximum absolute atomic E-state index is 4.87. The van der Waals surface area contributed by atoms with Gasteiger partial charge in [0.05, 0.1) is 0 Å². The van der Waals surface area contributed by atoms with Gasteiger partial charge in [-0.25, -0.2) is 15.0 Å². The van der Waals surface area contributed by atoms with Gasteiger partial charge in [-0.05, 0) is 157 Å². The van der Waals surface area contributed by atoms with E-state index in [9.17, 15) is 0 Å². The van der Waals surface area contributed by atoms with Gasteiger partial charge in [0.15, 0.2) is 5.82 Å². The molecule has 6 heteroatoms. The van der Waals surface area contributed by atoms with E-state index in [1.54, 1.807) is 12.7 Å². The number of aromatic nitrogens is 3. The molecule has 4 aliphatic rings. The van der Waals surface area contributed by atoms with Gasteiger partial charge in [-0.2, -0.15) is 0 Å². The van der Waals surface area contributed by atoms with Crippen molar-refractivity contribution < 1.29 is 0 Å². The molecule has 0 saturated heterocycles. The van der Waals surface area contributed by atoms with Crippen molar-refractivity contribution in [1.82, 2.24) is 15.0 Å². The van der Waals surface area contributed by atoms with Crippen molar-refractivity contribution in [1.29, 1.82) is 0 Å². The molecule has 0 unspecified atom stereocenters. The number of anilines is 6. The lowest BCUT2D eigenvalue weighted by atomic mass is 9.33. The zero-order valence-electron chi connectivity index (χ0n) is 42.8. The molecule has 0 bridgehead atoms. The molecule has 6 aromatic rings. The molecule has 5 aromatic carbocycles. The smallest absolute Gasteiger partial charge is 0.252 e. The van der Waals surface area contributed by atoms with Gasteiger partial charge in [0.1, 0.15) is 12.7 Å². The number of hydrogen-bond donors (Lipinski definition) is 0. The number of benzene rings is 5. The van der Waals surface area contributed by atoms with Gasteiger partial charge in [0.2, 0.25) is 0 Å². The summed E-state index contributed by atoms with van der Waals surface area (Å²) in [4.78, 5) is 19.3. The summed E-state index contributed by atoms with van der Waals surface area (Å²) in [5, 5.41) is 0. The first-order valence-electron chi connectivity index (χ1n) is 25.7. The maximum Gasteiger partial charge on any atom is 0.252 e. The van der Waals surface area contributed by atoms with Crippen LogP contribution in [0.15, 0.2) is 97.6 Å². The van der Waals surface area contributed by atoms with Crippen LogP contribution in [0.4, 0.5) is 34.1 Å². The van der Waals surface area contributed by atoms with Crippen LogP contribution in [0.1, 0.15) is 193 Å². The van der Waals surface area contributed by atoms with Crippen LogP contribution >= 0.6 is 0 Å². The van der Waals surface area contributed by atoms with E-state index in [1.807, 2.05) is 0 Å². The fourth-order valence-electron chi connectivity index (χ4n) is 11.7. The third kappa shape index (κ3) is 8.54. The monoisotopic (exact) mass is 888 g/mol. The first-order chi connectivity index (χ1) is 31.7. The molecule has 0 radical (unpaired) electrons. The summed E-state index contributed by atoms with van der Waals surface area (Å²) in [6, 6.07) is 35.0. The minimum absolute atomic E-state index is 0.0245. The molecule has 3 heterocycles. The Bertz CT molecular complexity index is 2590. The van der Waals surface area contributed by atoms with E-state index in [0.717, 1.165) is 5.56 Å². The molecule has 0 spiro atoms. The summed E-state index contributed by atoms with van der Waals surface area (Å²) in [7, 11) is 0. The second kappa shape index (κ2) is 16.8. The first kappa shape index (κ1) is 45.6. The molecule has 0 atom stereocenters. The quantitative estimate of drug-likeness (QED) is 0.161. The standard InChI is InChI=1S/C61H74BN5/c1-58(2,3)44-31-45(59(4,5)6)34-48(33-44)66-52-27-41(39-19-15-13-16-20-39)23-25-50(52)62-51-26-24-42(40-21-17-14-18-22-40)28-53(51)67(49-35-46(60(7,8)9)32-47(36-49)61(10,11)12)55-30-43(29-54(66)56(55)62)57-64-37-63-38-65-57/h23-40H,13-22H2,1-12H3. The molecular weight excluding hydrogens is 814 g/mol. The predicted octanol–water partition coefficient (Wildman–Crippen LogP) is 14.9. The maximum atomic E-state index is 4.87. The lowest BCUT2D eigenvalue weighted by Gasteiger charge is -2.45. The normalized spacial score (nSPS) is 17.0. The van der Waals surface area contributed by atoms with Gasteiger partial charge in [0.25, 0.3) is 6.71 Å². The summed E-state index contributed by atoms with van der Waals surface area (Å²) in [6.07, 6.45) is 16.2. The van der Waals surface area contributed by atoms with Crippen LogP contribution in [-0.4, -0.2) is 21.7 Å². The van der Waals surface area contributed by atoms with E-state index in [2.05, 4.69) is 183 Å². The third-order valence-electron chi connectivity index (χ3n) is 15.8. The molecule has 0 amide bonds. The summed E-state index contributed by atoms with van der Waals surface area (Å²) in [5.74, 6) is 1.83. The highest BCUT2D eigenvalue weighted by atomic mass is 15.2. The Morgan fingerprint density at radius 2 is 0.806 bits per heavy atom. The highest BCUT2D eigenvalue weighted by Crippen LogP contribution is 2.50. The van der Waals surface area contributed by atoms with E-state index in [1.165, 1.54) is 148 Å². The van der Waals surface area contributed by atoms with Crippen molar-refractivity contribution in [3.8, 4) is 11.4 Å². The van der Waals surface area contributed by atoms with Crippen molar-refractivity contribution in [3.05, 3.63) is 131 Å². The van der Waals surface area contributed by atoms with Crippen LogP contribution in [0.25, 0.3) is 11.4 Å². The Morgan fingerprint density at radius 3 is 1.16 bits per heavy atom. The Kier molecular flexibility index (Phi) is 11.4. The van der Waals surface area contributed by atoms with Crippen LogP contribution in [0.2, 0.25) is 0 Å². The number of hydrogen-bond acceptors (Lipinski definition) is 5. The number of nitrogens with zero attached hydrogens (tertiary/aromatic N) is 5. The van der Waals surface area contributed by atoms with Gasteiger partial charge >= 0.3 is 0 Å². The van der Waals surface area contributed by atoms with Crippen molar-refractivity contribution in [2.24, 2.45) is 0 Å². The molecule has 2 fully saturated rings. The molecule has 1 aromatic heterocycles. The third-order valence-corrected chi connectivity index (χ3v) is 15.8. The minimum Gasteiger partial charge on any atom is -0.311 e. The van der Waals surface area contributed by atoms with E-state index >= 15 is 0 Å². The van der Waals surface area contributed by atoms with Gasteiger partial charge in [-0.3, -0.25) is 0 Å². The van der Waals surface area contributed by atoms with Crippen molar-refractivity contribution in [2.45, 2.75) is 181 Å². The molecule has 0 N–H and O–H groups in total. The van der Waals surface area contributed by atoms with E-state index < -0.39 is 0 Å². The first-order valence-corrected chi connectivity index (χ1v) is 25.7. The van der Waals surface area contributed by atoms with Crippen LogP contribution < -0.4 is 26.2 Å². The van der Waals surface area contributed by atoms with Crippen LogP contribution in [0.5, 0.6) is 0 Å². The SMILES string of the molecule is CC(C)(C)c1cc(N2c3cc(C4CCCCC4)ccc3B3c4ccc(C5CCCCC5)cc4N(c4cc(C(C)(C)C)cc(C(C)(C)C)c4)c4cc(-c5ncncn5)cc2c43)cc(C(C)(C)C)c1. The van der Waals surface area contributed by atoms with Gasteiger partial charge in [-0.15, -0.1) is 0 Å². The van der Waals surface area contributed by atoms with Gasteiger partial charge in [-0.1, -0.05) is 158 Å². The Balaban J connectivity index is 1.34. The summed E-state index contributed by atoms with van der Waals surface area (Å²) in [6.45, 7) is 28.3. The molecule has 346 valence electrons. The second-order valence-electron chi connectivity index (χ2n) is 24.8. The molecule has 2 aliphatic heterocycles. The van der Waals surface area contributed by atoms with Crippen LogP contribution in [0.3, 0.4) is 0 Å². The zero-order chi connectivity index (χ0) is 47.2. The molecular formula is C61H74BN5. The van der Waals surface area contributed by atoms with Crippen molar-refractivity contribution >= 4 is 57.2 Å². The van der Waals surface area contributed by atoms with Crippen molar-refractivity contribution in [2.75, 3.05) is 9.80 Å². The van der Waals surface area contributed by atoms with E-state index in [4.69, 9.17) is 9.97 Å². The largest absolute Gasteiger partial charge is 0.311 e. The molecule has 10 rings (SSSR count). The lowest BCUT2D eigenvalue weighted by Crippen LogP contribution is -2.61. The van der Waals surface area contributed by atoms with Crippen molar-refractivity contribution in [3.63, 3.8) is 0 Å². The fourth-order valence-corrected chi connectivity index (χ4v) is 11.7. The average Bonchev–Trinajstić information content (AvgIpc) is 3.30.